The number of ether oxygens (including phenoxy) is 1. The van der Waals surface area contributed by atoms with Crippen LogP contribution in [0.25, 0.3) is 10.2 Å². The fourth-order valence-corrected chi connectivity index (χ4v) is 4.50. The van der Waals surface area contributed by atoms with Crippen LogP contribution in [-0.2, 0) is 4.74 Å². The topological polar surface area (TPSA) is 62.6 Å². The lowest BCUT2D eigenvalue weighted by Crippen LogP contribution is -2.46. The van der Waals surface area contributed by atoms with Crippen LogP contribution in [0.3, 0.4) is 0 Å². The van der Waals surface area contributed by atoms with Crippen LogP contribution in [0.4, 0.5) is 5.82 Å². The predicted molar refractivity (Wildman–Crippen MR) is 81.7 cm³/mol. The number of nitrogens with zero attached hydrogens (tertiary/aromatic N) is 4. The van der Waals surface area contributed by atoms with Crippen molar-refractivity contribution in [1.29, 1.82) is 0 Å². The van der Waals surface area contributed by atoms with Gasteiger partial charge in [0, 0.05) is 19.0 Å². The van der Waals surface area contributed by atoms with Gasteiger partial charge in [-0.3, -0.25) is 10.2 Å². The number of hydrogen-bond acceptors (Lipinski definition) is 7. The zero-order valence-corrected chi connectivity index (χ0v) is 12.3. The van der Waals surface area contributed by atoms with Gasteiger partial charge >= 0.3 is 0 Å². The first-order valence-electron chi connectivity index (χ1n) is 7.23. The Morgan fingerprint density at radius 3 is 3.29 bits per heavy atom. The lowest BCUT2D eigenvalue weighted by atomic mass is 9.88. The quantitative estimate of drug-likeness (QED) is 0.866. The maximum Gasteiger partial charge on any atom is 0.291 e. The maximum absolute atomic E-state index is 6.21. The van der Waals surface area contributed by atoms with Gasteiger partial charge in [-0.2, -0.15) is 0 Å². The van der Waals surface area contributed by atoms with E-state index in [1.165, 1.54) is 13.0 Å². The number of fused-ring (bicyclic) bond motifs is 4. The molecule has 3 atom stereocenters. The van der Waals surface area contributed by atoms with E-state index < -0.39 is 0 Å². The molecule has 0 aromatic carbocycles. The summed E-state index contributed by atoms with van der Waals surface area (Å²) in [5, 5.41) is 5.27. The number of hydrogen-bond donors (Lipinski definition) is 1. The largest absolute Gasteiger partial charge is 0.455 e. The fourth-order valence-electron chi connectivity index (χ4n) is 3.71. The number of nitrogens with one attached hydrogen (secondary N) is 1. The molecule has 2 fully saturated rings. The van der Waals surface area contributed by atoms with Gasteiger partial charge in [-0.25, -0.2) is 15.0 Å². The number of anilines is 1. The second-order valence-electron chi connectivity index (χ2n) is 5.99. The molecule has 2 saturated heterocycles. The number of rotatable bonds is 1. The van der Waals surface area contributed by atoms with E-state index in [1.54, 1.807) is 17.7 Å². The van der Waals surface area contributed by atoms with E-state index in [-0.39, 0.29) is 5.60 Å². The average Bonchev–Trinajstić information content (AvgIpc) is 3.23. The van der Waals surface area contributed by atoms with Crippen molar-refractivity contribution >= 4 is 33.4 Å². The van der Waals surface area contributed by atoms with Gasteiger partial charge in [-0.1, -0.05) is 0 Å². The average molecular weight is 301 g/mol. The molecule has 1 spiro atoms. The number of amidine groups is 1. The van der Waals surface area contributed by atoms with Crippen LogP contribution in [0.1, 0.15) is 6.42 Å². The summed E-state index contributed by atoms with van der Waals surface area (Å²) in [4.78, 5) is 15.6. The third kappa shape index (κ3) is 1.70. The molecule has 3 aliphatic rings. The van der Waals surface area contributed by atoms with E-state index in [1.807, 2.05) is 11.4 Å². The molecule has 0 aliphatic carbocycles. The molecular formula is C14H15N5OS. The Morgan fingerprint density at radius 2 is 2.43 bits per heavy atom. The molecule has 0 saturated carbocycles. The zero-order valence-electron chi connectivity index (χ0n) is 11.5. The second-order valence-corrected chi connectivity index (χ2v) is 6.91. The van der Waals surface area contributed by atoms with Crippen LogP contribution in [0.15, 0.2) is 22.8 Å². The van der Waals surface area contributed by atoms with Crippen LogP contribution >= 0.6 is 11.3 Å². The molecule has 6 nitrogen and oxygen atoms in total. The Kier molecular flexibility index (Phi) is 2.34. The molecule has 5 rings (SSSR count). The molecule has 0 amide bonds. The Labute approximate surface area is 125 Å². The van der Waals surface area contributed by atoms with Gasteiger partial charge in [0.15, 0.2) is 5.82 Å². The van der Waals surface area contributed by atoms with Gasteiger partial charge in [0.05, 0.1) is 16.8 Å². The summed E-state index contributed by atoms with van der Waals surface area (Å²) >= 11 is 1.63. The Morgan fingerprint density at radius 1 is 1.43 bits per heavy atom. The van der Waals surface area contributed by atoms with Crippen LogP contribution in [0, 0.1) is 5.92 Å². The summed E-state index contributed by atoms with van der Waals surface area (Å²) < 4.78 is 7.26. The van der Waals surface area contributed by atoms with Crippen molar-refractivity contribution < 1.29 is 4.74 Å². The molecule has 21 heavy (non-hydrogen) atoms. The minimum absolute atomic E-state index is 0.0951. The molecule has 2 aromatic heterocycles. The molecule has 2 bridgehead atoms. The molecule has 108 valence electrons. The molecule has 1 unspecified atom stereocenters. The third-order valence-electron chi connectivity index (χ3n) is 4.77. The highest BCUT2D eigenvalue weighted by Crippen LogP contribution is 2.41. The van der Waals surface area contributed by atoms with Crippen LogP contribution in [-0.4, -0.2) is 52.7 Å². The van der Waals surface area contributed by atoms with E-state index in [9.17, 15) is 0 Å². The van der Waals surface area contributed by atoms with Crippen LogP contribution in [0.5, 0.6) is 0 Å². The molecule has 0 radical (unpaired) electrons. The van der Waals surface area contributed by atoms with E-state index in [0.717, 1.165) is 35.7 Å². The van der Waals surface area contributed by atoms with E-state index >= 15 is 0 Å². The molecule has 5 heterocycles. The smallest absolute Gasteiger partial charge is 0.291 e. The third-order valence-corrected chi connectivity index (χ3v) is 5.68. The summed E-state index contributed by atoms with van der Waals surface area (Å²) in [5.41, 5.74) is 0.860. The van der Waals surface area contributed by atoms with Gasteiger partial charge < -0.3 is 4.74 Å². The summed E-state index contributed by atoms with van der Waals surface area (Å²) in [6.07, 6.45) is 2.80. The lowest BCUT2D eigenvalue weighted by molar-refractivity contribution is 0.0364. The van der Waals surface area contributed by atoms with Gasteiger partial charge in [0.1, 0.15) is 11.9 Å². The standard InChI is InChI=1S/C14H15N5OS/c1-3-19-5-9(1)14(7-19)6-15-13(20-14)18-12-11-10(2-4-21-11)16-8-17-12/h2,4,8-9H,1,3,5-7H2,(H,15,16,17,18)/t9-,14-/m0/s1. The fraction of sp³-hybridized carbons (Fsp3) is 0.500. The van der Waals surface area contributed by atoms with Crippen molar-refractivity contribution in [3.63, 3.8) is 0 Å². The van der Waals surface area contributed by atoms with Crippen LogP contribution < -0.4 is 5.32 Å². The second kappa shape index (κ2) is 4.14. The highest BCUT2D eigenvalue weighted by Gasteiger charge is 2.54. The van der Waals surface area contributed by atoms with E-state index in [4.69, 9.17) is 4.74 Å². The van der Waals surface area contributed by atoms with Gasteiger partial charge in [-0.05, 0) is 24.4 Å². The Bertz CT molecular complexity index is 744. The van der Waals surface area contributed by atoms with Crippen molar-refractivity contribution in [1.82, 2.24) is 14.9 Å². The summed E-state index contributed by atoms with van der Waals surface area (Å²) in [6, 6.07) is 2.60. The highest BCUT2D eigenvalue weighted by molar-refractivity contribution is 7.17. The molecule has 2 aromatic rings. The monoisotopic (exact) mass is 301 g/mol. The number of thiophene rings is 1. The van der Waals surface area contributed by atoms with E-state index in [0.29, 0.717) is 11.9 Å². The number of piperidine rings is 1. The van der Waals surface area contributed by atoms with Crippen molar-refractivity contribution in [2.24, 2.45) is 10.9 Å². The lowest BCUT2D eigenvalue weighted by Gasteiger charge is -2.32. The first-order chi connectivity index (χ1) is 10.3. The minimum Gasteiger partial charge on any atom is -0.455 e. The van der Waals surface area contributed by atoms with Crippen LogP contribution in [0.2, 0.25) is 0 Å². The Hall–Kier alpha value is -1.73. The first-order valence-corrected chi connectivity index (χ1v) is 8.11. The number of aliphatic imine (C=N–C) groups is 1. The SMILES string of the molecule is c1nc(NC2=NC[C@@]3(CN4CC[C@H]3C4)O2)c2sccc2n1. The van der Waals surface area contributed by atoms with Crippen molar-refractivity contribution in [2.45, 2.75) is 12.0 Å². The van der Waals surface area contributed by atoms with Crippen molar-refractivity contribution in [3.8, 4) is 0 Å². The Balaban J connectivity index is 1.39. The van der Waals surface area contributed by atoms with Gasteiger partial charge in [0.2, 0.25) is 0 Å². The highest BCUT2D eigenvalue weighted by atomic mass is 32.1. The molecule has 7 heteroatoms. The normalized spacial score (nSPS) is 33.6. The molecule has 1 N–H and O–H groups in total. The van der Waals surface area contributed by atoms with Crippen molar-refractivity contribution in [3.05, 3.63) is 17.8 Å². The molecular weight excluding hydrogens is 286 g/mol. The van der Waals surface area contributed by atoms with Gasteiger partial charge in [0.25, 0.3) is 6.02 Å². The zero-order chi connectivity index (χ0) is 13.9. The van der Waals surface area contributed by atoms with E-state index in [2.05, 4.69) is 25.2 Å². The van der Waals surface area contributed by atoms with Gasteiger partial charge in [-0.15, -0.1) is 11.3 Å². The summed E-state index contributed by atoms with van der Waals surface area (Å²) in [6.45, 7) is 4.13. The first kappa shape index (κ1) is 11.9. The number of aromatic nitrogens is 2. The minimum atomic E-state index is -0.0951. The molecule has 3 aliphatic heterocycles. The summed E-state index contributed by atoms with van der Waals surface area (Å²) in [7, 11) is 0. The van der Waals surface area contributed by atoms with Crippen molar-refractivity contribution in [2.75, 3.05) is 31.5 Å². The maximum atomic E-state index is 6.21. The predicted octanol–water partition coefficient (Wildman–Crippen LogP) is 1.56. The summed E-state index contributed by atoms with van der Waals surface area (Å²) in [5.74, 6) is 1.40.